The topological polar surface area (TPSA) is 60.2 Å². The Labute approximate surface area is 125 Å². The van der Waals surface area contributed by atoms with Crippen LogP contribution in [0.3, 0.4) is 0 Å². The number of nitrogens with zero attached hydrogens (tertiary/aromatic N) is 2. The van der Waals surface area contributed by atoms with Crippen molar-refractivity contribution in [2.75, 3.05) is 14.2 Å². The van der Waals surface area contributed by atoms with Crippen molar-refractivity contribution in [2.24, 2.45) is 0 Å². The van der Waals surface area contributed by atoms with E-state index in [1.54, 1.807) is 7.11 Å². The maximum Gasteiger partial charge on any atom is 0.228 e. The molecule has 21 heavy (non-hydrogen) atoms. The van der Waals surface area contributed by atoms with E-state index >= 15 is 0 Å². The Morgan fingerprint density at radius 1 is 1.38 bits per heavy atom. The third kappa shape index (κ3) is 3.82. The van der Waals surface area contributed by atoms with Crippen LogP contribution in [0.25, 0.3) is 11.4 Å². The lowest BCUT2D eigenvalue weighted by Gasteiger charge is -2.11. The van der Waals surface area contributed by atoms with Crippen LogP contribution >= 0.6 is 0 Å². The smallest absolute Gasteiger partial charge is 0.228 e. The summed E-state index contributed by atoms with van der Waals surface area (Å²) in [4.78, 5) is 4.49. The number of hydrogen-bond acceptors (Lipinski definition) is 5. The molecular formula is C16H23N3O2. The number of hydrogen-bond donors (Lipinski definition) is 1. The Kier molecular flexibility index (Phi) is 5.33. The minimum absolute atomic E-state index is 0.364. The number of aryl methyl sites for hydroxylation is 1. The molecule has 2 rings (SSSR count). The maximum absolute atomic E-state index is 5.40. The molecule has 0 amide bonds. The molecule has 1 atom stereocenters. The van der Waals surface area contributed by atoms with Gasteiger partial charge in [-0.2, -0.15) is 4.98 Å². The van der Waals surface area contributed by atoms with Crippen molar-refractivity contribution in [3.05, 3.63) is 29.7 Å². The molecule has 1 aromatic carbocycles. The summed E-state index contributed by atoms with van der Waals surface area (Å²) in [5.41, 5.74) is 1.99. The van der Waals surface area contributed by atoms with Crippen LogP contribution in [0, 0.1) is 6.92 Å². The predicted octanol–water partition coefficient (Wildman–Crippen LogP) is 2.98. The van der Waals surface area contributed by atoms with Crippen LogP contribution in [0.1, 0.15) is 31.2 Å². The van der Waals surface area contributed by atoms with Crippen LogP contribution in [-0.4, -0.2) is 30.3 Å². The second-order valence-electron chi connectivity index (χ2n) is 5.19. The van der Waals surface area contributed by atoms with Gasteiger partial charge < -0.3 is 14.6 Å². The molecule has 0 aliphatic carbocycles. The van der Waals surface area contributed by atoms with E-state index in [9.17, 15) is 0 Å². The highest BCUT2D eigenvalue weighted by molar-refractivity contribution is 5.64. The van der Waals surface area contributed by atoms with E-state index in [1.807, 2.05) is 32.2 Å². The minimum Gasteiger partial charge on any atom is -0.496 e. The minimum atomic E-state index is 0.364. The third-order valence-corrected chi connectivity index (χ3v) is 3.53. The number of nitrogens with one attached hydrogen (secondary N) is 1. The molecule has 1 N–H and O–H groups in total. The molecule has 0 saturated carbocycles. The zero-order valence-electron chi connectivity index (χ0n) is 13.1. The number of ether oxygens (including phenoxy) is 1. The molecule has 114 valence electrons. The highest BCUT2D eigenvalue weighted by atomic mass is 16.5. The quantitative estimate of drug-likeness (QED) is 0.849. The van der Waals surface area contributed by atoms with Gasteiger partial charge in [0.15, 0.2) is 0 Å². The number of benzene rings is 1. The summed E-state index contributed by atoms with van der Waals surface area (Å²) in [5.74, 6) is 2.00. The first-order chi connectivity index (χ1) is 10.2. The van der Waals surface area contributed by atoms with E-state index in [2.05, 4.69) is 22.4 Å². The van der Waals surface area contributed by atoms with Crippen molar-refractivity contribution in [1.82, 2.24) is 15.5 Å². The first-order valence-corrected chi connectivity index (χ1v) is 7.32. The van der Waals surface area contributed by atoms with E-state index < -0.39 is 0 Å². The number of likely N-dealkylation sites (N-methyl/N-ethyl adjacent to an activating group) is 1. The van der Waals surface area contributed by atoms with Gasteiger partial charge in [0.2, 0.25) is 11.7 Å². The molecule has 0 aliphatic heterocycles. The fraction of sp³-hybridized carbons (Fsp3) is 0.500. The Morgan fingerprint density at radius 3 is 2.86 bits per heavy atom. The van der Waals surface area contributed by atoms with Gasteiger partial charge in [0.1, 0.15) is 5.75 Å². The van der Waals surface area contributed by atoms with Gasteiger partial charge in [0.25, 0.3) is 0 Å². The van der Waals surface area contributed by atoms with Gasteiger partial charge in [-0.3, -0.25) is 0 Å². The monoisotopic (exact) mass is 289 g/mol. The molecule has 0 fully saturated rings. The summed E-state index contributed by atoms with van der Waals surface area (Å²) in [7, 11) is 3.61. The van der Waals surface area contributed by atoms with Gasteiger partial charge in [0.05, 0.1) is 12.7 Å². The van der Waals surface area contributed by atoms with Gasteiger partial charge >= 0.3 is 0 Å². The van der Waals surface area contributed by atoms with Crippen LogP contribution in [-0.2, 0) is 6.42 Å². The second kappa shape index (κ2) is 7.22. The van der Waals surface area contributed by atoms with Gasteiger partial charge in [-0.05, 0) is 38.1 Å². The third-order valence-electron chi connectivity index (χ3n) is 3.53. The lowest BCUT2D eigenvalue weighted by molar-refractivity contribution is 0.355. The molecular weight excluding hydrogens is 266 g/mol. The van der Waals surface area contributed by atoms with Gasteiger partial charge in [-0.25, -0.2) is 0 Å². The lowest BCUT2D eigenvalue weighted by Crippen LogP contribution is -2.27. The van der Waals surface area contributed by atoms with Crippen LogP contribution in [0.5, 0.6) is 5.75 Å². The van der Waals surface area contributed by atoms with Crippen molar-refractivity contribution < 1.29 is 9.26 Å². The van der Waals surface area contributed by atoms with E-state index in [0.29, 0.717) is 17.8 Å². The molecule has 2 aromatic rings. The van der Waals surface area contributed by atoms with Crippen LogP contribution < -0.4 is 10.1 Å². The molecule has 0 aliphatic rings. The van der Waals surface area contributed by atoms with Crippen LogP contribution in [0.4, 0.5) is 0 Å². The zero-order valence-corrected chi connectivity index (χ0v) is 13.1. The number of methoxy groups -OCH3 is 1. The molecule has 0 bridgehead atoms. The molecule has 1 aromatic heterocycles. The van der Waals surface area contributed by atoms with Gasteiger partial charge in [-0.1, -0.05) is 24.6 Å². The Hall–Kier alpha value is -1.88. The number of aromatic nitrogens is 2. The highest BCUT2D eigenvalue weighted by Crippen LogP contribution is 2.28. The molecule has 0 spiro atoms. The summed E-state index contributed by atoms with van der Waals surface area (Å²) in [6.07, 6.45) is 2.95. The molecule has 1 heterocycles. The average Bonchev–Trinajstić information content (AvgIpc) is 2.94. The predicted molar refractivity (Wildman–Crippen MR) is 82.5 cm³/mol. The SMILES string of the molecule is CCCC(Cc1nc(-c2ccc(C)cc2OC)no1)NC. The summed E-state index contributed by atoms with van der Waals surface area (Å²) >= 11 is 0. The molecule has 5 heteroatoms. The lowest BCUT2D eigenvalue weighted by atomic mass is 10.1. The summed E-state index contributed by atoms with van der Waals surface area (Å²) < 4.78 is 10.8. The van der Waals surface area contributed by atoms with Crippen molar-refractivity contribution in [1.29, 1.82) is 0 Å². The van der Waals surface area contributed by atoms with Crippen LogP contribution in [0.15, 0.2) is 22.7 Å². The van der Waals surface area contributed by atoms with Gasteiger partial charge in [0, 0.05) is 12.5 Å². The maximum atomic E-state index is 5.40. The summed E-state index contributed by atoms with van der Waals surface area (Å²) in [5, 5.41) is 7.36. The average molecular weight is 289 g/mol. The standard InChI is InChI=1S/C16H23N3O2/c1-5-6-12(17-3)10-15-18-16(19-21-15)13-8-7-11(2)9-14(13)20-4/h7-9,12,17H,5-6,10H2,1-4H3. The molecule has 5 nitrogen and oxygen atoms in total. The Morgan fingerprint density at radius 2 is 2.19 bits per heavy atom. The molecule has 0 radical (unpaired) electrons. The largest absolute Gasteiger partial charge is 0.496 e. The summed E-state index contributed by atoms with van der Waals surface area (Å²) in [6, 6.07) is 6.31. The summed E-state index contributed by atoms with van der Waals surface area (Å²) in [6.45, 7) is 4.19. The van der Waals surface area contributed by atoms with Gasteiger partial charge in [-0.15, -0.1) is 0 Å². The van der Waals surface area contributed by atoms with Crippen molar-refractivity contribution in [2.45, 2.75) is 39.2 Å². The Balaban J connectivity index is 2.20. The van der Waals surface area contributed by atoms with E-state index in [-0.39, 0.29) is 0 Å². The van der Waals surface area contributed by atoms with E-state index in [1.165, 1.54) is 0 Å². The van der Waals surface area contributed by atoms with Crippen molar-refractivity contribution >= 4 is 0 Å². The molecule has 1 unspecified atom stereocenters. The zero-order chi connectivity index (χ0) is 15.2. The fourth-order valence-corrected chi connectivity index (χ4v) is 2.34. The highest BCUT2D eigenvalue weighted by Gasteiger charge is 2.16. The number of rotatable bonds is 7. The first-order valence-electron chi connectivity index (χ1n) is 7.32. The van der Waals surface area contributed by atoms with Crippen molar-refractivity contribution in [3.63, 3.8) is 0 Å². The normalized spacial score (nSPS) is 12.4. The second-order valence-corrected chi connectivity index (χ2v) is 5.19. The van der Waals surface area contributed by atoms with E-state index in [4.69, 9.17) is 9.26 Å². The fourth-order valence-electron chi connectivity index (χ4n) is 2.34. The molecule has 0 saturated heterocycles. The van der Waals surface area contributed by atoms with Crippen molar-refractivity contribution in [3.8, 4) is 17.1 Å². The first kappa shape index (κ1) is 15.5. The van der Waals surface area contributed by atoms with Crippen LogP contribution in [0.2, 0.25) is 0 Å². The Bertz CT molecular complexity index is 581. The van der Waals surface area contributed by atoms with E-state index in [0.717, 1.165) is 36.1 Å².